The Hall–Kier alpha value is -1.84. The maximum Gasteiger partial charge on any atom is 0.309 e. The van der Waals surface area contributed by atoms with Crippen LogP contribution in [0.15, 0.2) is 30.3 Å². The van der Waals surface area contributed by atoms with Gasteiger partial charge in [-0.3, -0.25) is 9.59 Å². The van der Waals surface area contributed by atoms with Crippen molar-refractivity contribution in [3.05, 3.63) is 35.9 Å². The highest BCUT2D eigenvalue weighted by atomic mass is 16.5. The molecule has 1 fully saturated rings. The van der Waals surface area contributed by atoms with Crippen LogP contribution in [0, 0.1) is 11.8 Å². The van der Waals surface area contributed by atoms with Crippen LogP contribution in [0.25, 0.3) is 0 Å². The zero-order valence-electron chi connectivity index (χ0n) is 11.0. The Labute approximate surface area is 112 Å². The second kappa shape index (κ2) is 6.36. The number of carbonyl (C=O) groups is 2. The number of ether oxygens (including phenoxy) is 2. The van der Waals surface area contributed by atoms with Crippen molar-refractivity contribution in [3.63, 3.8) is 0 Å². The van der Waals surface area contributed by atoms with Gasteiger partial charge in [0, 0.05) is 6.42 Å². The van der Waals surface area contributed by atoms with Gasteiger partial charge < -0.3 is 9.47 Å². The van der Waals surface area contributed by atoms with Crippen LogP contribution < -0.4 is 0 Å². The molecular formula is C15H18O4. The second-order valence-electron chi connectivity index (χ2n) is 4.70. The first-order chi connectivity index (χ1) is 9.20. The van der Waals surface area contributed by atoms with Gasteiger partial charge >= 0.3 is 11.9 Å². The van der Waals surface area contributed by atoms with E-state index in [2.05, 4.69) is 0 Å². The van der Waals surface area contributed by atoms with E-state index < -0.39 is 0 Å². The summed E-state index contributed by atoms with van der Waals surface area (Å²) in [6.07, 6.45) is 1.04. The van der Waals surface area contributed by atoms with Gasteiger partial charge in [0.15, 0.2) is 0 Å². The van der Waals surface area contributed by atoms with Crippen LogP contribution in [-0.4, -0.2) is 18.5 Å². The SMILES string of the molecule is CCOC(=O)[C@@H]1C[C@H]1CC(=O)OCc1ccccc1. The number of benzene rings is 1. The number of hydrogen-bond acceptors (Lipinski definition) is 4. The highest BCUT2D eigenvalue weighted by Gasteiger charge is 2.45. The third-order valence-electron chi connectivity index (χ3n) is 3.18. The minimum absolute atomic E-state index is 0.0994. The molecule has 0 radical (unpaired) electrons. The largest absolute Gasteiger partial charge is 0.466 e. The zero-order chi connectivity index (χ0) is 13.7. The van der Waals surface area contributed by atoms with E-state index in [1.165, 1.54) is 0 Å². The number of hydrogen-bond donors (Lipinski definition) is 0. The molecule has 0 bridgehead atoms. The predicted molar refractivity (Wildman–Crippen MR) is 69.1 cm³/mol. The lowest BCUT2D eigenvalue weighted by atomic mass is 10.2. The van der Waals surface area contributed by atoms with Gasteiger partial charge in [-0.05, 0) is 24.8 Å². The number of carbonyl (C=O) groups excluding carboxylic acids is 2. The number of esters is 2. The van der Waals surface area contributed by atoms with E-state index in [1.54, 1.807) is 6.92 Å². The lowest BCUT2D eigenvalue weighted by molar-refractivity contribution is -0.146. The first-order valence-corrected chi connectivity index (χ1v) is 6.57. The Kier molecular flexibility index (Phi) is 4.55. The summed E-state index contributed by atoms with van der Waals surface area (Å²) in [7, 11) is 0. The Morgan fingerprint density at radius 1 is 1.21 bits per heavy atom. The van der Waals surface area contributed by atoms with Crippen LogP contribution in [0.2, 0.25) is 0 Å². The van der Waals surface area contributed by atoms with Crippen LogP contribution in [0.4, 0.5) is 0 Å². The minimum atomic E-state index is -0.249. The van der Waals surface area contributed by atoms with Crippen molar-refractivity contribution < 1.29 is 19.1 Å². The molecule has 4 nitrogen and oxygen atoms in total. The van der Waals surface area contributed by atoms with E-state index in [4.69, 9.17) is 9.47 Å². The van der Waals surface area contributed by atoms with Gasteiger partial charge in [0.2, 0.25) is 0 Å². The summed E-state index contributed by atoms with van der Waals surface area (Å²) in [6, 6.07) is 9.54. The highest BCUT2D eigenvalue weighted by molar-refractivity contribution is 5.78. The molecular weight excluding hydrogens is 244 g/mol. The average molecular weight is 262 g/mol. The van der Waals surface area contributed by atoms with Gasteiger partial charge in [0.1, 0.15) is 6.61 Å². The standard InChI is InChI=1S/C15H18O4/c1-2-18-15(17)13-8-12(13)9-14(16)19-10-11-6-4-3-5-7-11/h3-7,12-13H,2,8-10H2,1H3/t12-,13+/m0/s1. The van der Waals surface area contributed by atoms with E-state index >= 15 is 0 Å². The van der Waals surface area contributed by atoms with E-state index in [0.717, 1.165) is 12.0 Å². The Morgan fingerprint density at radius 3 is 2.63 bits per heavy atom. The van der Waals surface area contributed by atoms with Gasteiger partial charge in [0.05, 0.1) is 12.5 Å². The zero-order valence-corrected chi connectivity index (χ0v) is 11.0. The molecule has 0 spiro atoms. The topological polar surface area (TPSA) is 52.6 Å². The lowest BCUT2D eigenvalue weighted by Gasteiger charge is -2.04. The van der Waals surface area contributed by atoms with Crippen LogP contribution in [0.5, 0.6) is 0 Å². The molecule has 1 saturated carbocycles. The molecule has 0 N–H and O–H groups in total. The summed E-state index contributed by atoms with van der Waals surface area (Å²) in [6.45, 7) is 2.46. The fraction of sp³-hybridized carbons (Fsp3) is 0.467. The molecule has 19 heavy (non-hydrogen) atoms. The van der Waals surface area contributed by atoms with Gasteiger partial charge in [-0.15, -0.1) is 0 Å². The van der Waals surface area contributed by atoms with Crippen LogP contribution >= 0.6 is 0 Å². The first kappa shape index (κ1) is 13.6. The molecule has 1 aromatic rings. The van der Waals surface area contributed by atoms with Crippen molar-refractivity contribution >= 4 is 11.9 Å². The third-order valence-corrected chi connectivity index (χ3v) is 3.18. The van der Waals surface area contributed by atoms with Crippen molar-refractivity contribution in [1.82, 2.24) is 0 Å². The predicted octanol–water partition coefficient (Wildman–Crippen LogP) is 2.32. The molecule has 0 heterocycles. The molecule has 0 aliphatic heterocycles. The van der Waals surface area contributed by atoms with Crippen molar-refractivity contribution in [1.29, 1.82) is 0 Å². The molecule has 0 unspecified atom stereocenters. The average Bonchev–Trinajstić information content (AvgIpc) is 3.17. The monoisotopic (exact) mass is 262 g/mol. The summed E-state index contributed by atoms with van der Waals surface area (Å²) in [5, 5.41) is 0. The van der Waals surface area contributed by atoms with Gasteiger partial charge in [0.25, 0.3) is 0 Å². The molecule has 102 valence electrons. The van der Waals surface area contributed by atoms with Crippen molar-refractivity contribution in [2.24, 2.45) is 11.8 Å². The lowest BCUT2D eigenvalue weighted by Crippen LogP contribution is -2.10. The fourth-order valence-corrected chi connectivity index (χ4v) is 2.02. The second-order valence-corrected chi connectivity index (χ2v) is 4.70. The van der Waals surface area contributed by atoms with E-state index in [9.17, 15) is 9.59 Å². The molecule has 0 aromatic heterocycles. The molecule has 2 atom stereocenters. The van der Waals surface area contributed by atoms with E-state index in [-0.39, 0.29) is 30.4 Å². The summed E-state index contributed by atoms with van der Waals surface area (Å²) in [4.78, 5) is 23.0. The smallest absolute Gasteiger partial charge is 0.309 e. The maximum absolute atomic E-state index is 11.6. The third kappa shape index (κ3) is 4.09. The summed E-state index contributed by atoms with van der Waals surface area (Å²) < 4.78 is 10.1. The summed E-state index contributed by atoms with van der Waals surface area (Å²) >= 11 is 0. The highest BCUT2D eigenvalue weighted by Crippen LogP contribution is 2.42. The van der Waals surface area contributed by atoms with Crippen molar-refractivity contribution in [2.75, 3.05) is 6.61 Å². The summed E-state index contributed by atoms with van der Waals surface area (Å²) in [5.41, 5.74) is 0.966. The van der Waals surface area contributed by atoms with E-state index in [1.807, 2.05) is 30.3 Å². The van der Waals surface area contributed by atoms with Crippen LogP contribution in [-0.2, 0) is 25.7 Å². The van der Waals surface area contributed by atoms with Gasteiger partial charge in [-0.2, -0.15) is 0 Å². The van der Waals surface area contributed by atoms with Crippen LogP contribution in [0.1, 0.15) is 25.3 Å². The molecule has 1 aliphatic rings. The van der Waals surface area contributed by atoms with Crippen molar-refractivity contribution in [2.45, 2.75) is 26.4 Å². The Balaban J connectivity index is 1.68. The molecule has 2 rings (SSSR count). The quantitative estimate of drug-likeness (QED) is 0.738. The molecule has 1 aliphatic carbocycles. The molecule has 4 heteroatoms. The van der Waals surface area contributed by atoms with Gasteiger partial charge in [-0.25, -0.2) is 0 Å². The van der Waals surface area contributed by atoms with Gasteiger partial charge in [-0.1, -0.05) is 30.3 Å². The molecule has 0 saturated heterocycles. The minimum Gasteiger partial charge on any atom is -0.466 e. The Bertz CT molecular complexity index is 441. The van der Waals surface area contributed by atoms with Crippen molar-refractivity contribution in [3.8, 4) is 0 Å². The number of rotatable bonds is 6. The molecule has 1 aromatic carbocycles. The van der Waals surface area contributed by atoms with E-state index in [0.29, 0.717) is 13.0 Å². The fourth-order valence-electron chi connectivity index (χ4n) is 2.02. The normalized spacial score (nSPS) is 20.7. The Morgan fingerprint density at radius 2 is 1.95 bits per heavy atom. The molecule has 0 amide bonds. The van der Waals surface area contributed by atoms with Crippen LogP contribution in [0.3, 0.4) is 0 Å². The first-order valence-electron chi connectivity index (χ1n) is 6.57. The maximum atomic E-state index is 11.6. The summed E-state index contributed by atoms with van der Waals surface area (Å²) in [5.74, 6) is -0.449.